The first-order valence-electron chi connectivity index (χ1n) is 5.94. The Hall–Kier alpha value is -1.55. The molecule has 0 atom stereocenters. The predicted octanol–water partition coefficient (Wildman–Crippen LogP) is 1.26. The minimum atomic E-state index is -0.115. The SMILES string of the molecule is Cc1ccc(C(=O)N(CCN)C2CC2)c(O)c1. The third-order valence-electron chi connectivity index (χ3n) is 3.00. The third kappa shape index (κ3) is 2.58. The lowest BCUT2D eigenvalue weighted by Gasteiger charge is -2.22. The molecule has 1 aromatic rings. The van der Waals surface area contributed by atoms with Crippen molar-refractivity contribution >= 4 is 5.91 Å². The lowest BCUT2D eigenvalue weighted by molar-refractivity contribution is 0.0745. The zero-order valence-corrected chi connectivity index (χ0v) is 10.0. The molecule has 1 aromatic carbocycles. The van der Waals surface area contributed by atoms with Gasteiger partial charge in [-0.25, -0.2) is 0 Å². The molecule has 1 aliphatic rings. The van der Waals surface area contributed by atoms with Crippen molar-refractivity contribution in [1.82, 2.24) is 4.90 Å². The molecule has 1 amide bonds. The number of carbonyl (C=O) groups excluding carboxylic acids is 1. The normalized spacial score (nSPS) is 14.7. The molecular weight excluding hydrogens is 216 g/mol. The van der Waals surface area contributed by atoms with Crippen molar-refractivity contribution in [3.8, 4) is 5.75 Å². The van der Waals surface area contributed by atoms with Gasteiger partial charge < -0.3 is 15.7 Å². The van der Waals surface area contributed by atoms with Crippen molar-refractivity contribution in [2.75, 3.05) is 13.1 Å². The van der Waals surface area contributed by atoms with E-state index >= 15 is 0 Å². The van der Waals surface area contributed by atoms with E-state index in [4.69, 9.17) is 5.73 Å². The fourth-order valence-corrected chi connectivity index (χ4v) is 1.95. The van der Waals surface area contributed by atoms with E-state index in [0.29, 0.717) is 24.7 Å². The number of aromatic hydroxyl groups is 1. The second-order valence-corrected chi connectivity index (χ2v) is 4.54. The Labute approximate surface area is 101 Å². The summed E-state index contributed by atoms with van der Waals surface area (Å²) in [5.74, 6) is -0.0619. The Morgan fingerprint density at radius 1 is 1.53 bits per heavy atom. The predicted molar refractivity (Wildman–Crippen MR) is 66.0 cm³/mol. The van der Waals surface area contributed by atoms with Crippen molar-refractivity contribution < 1.29 is 9.90 Å². The van der Waals surface area contributed by atoms with Gasteiger partial charge in [-0.15, -0.1) is 0 Å². The van der Waals surface area contributed by atoms with Crippen LogP contribution in [0.25, 0.3) is 0 Å². The Kier molecular flexibility index (Phi) is 3.33. The highest BCUT2D eigenvalue weighted by Gasteiger charge is 2.33. The highest BCUT2D eigenvalue weighted by atomic mass is 16.3. The molecule has 0 saturated heterocycles. The van der Waals surface area contributed by atoms with Crippen LogP contribution in [0.3, 0.4) is 0 Å². The minimum Gasteiger partial charge on any atom is -0.507 e. The number of carbonyl (C=O) groups is 1. The van der Waals surface area contributed by atoms with Gasteiger partial charge >= 0.3 is 0 Å². The van der Waals surface area contributed by atoms with Crippen molar-refractivity contribution in [3.05, 3.63) is 29.3 Å². The van der Waals surface area contributed by atoms with Crippen LogP contribution in [0.1, 0.15) is 28.8 Å². The van der Waals surface area contributed by atoms with E-state index in [0.717, 1.165) is 18.4 Å². The van der Waals surface area contributed by atoms with E-state index in [9.17, 15) is 9.90 Å². The zero-order valence-electron chi connectivity index (χ0n) is 10.0. The molecule has 0 aliphatic heterocycles. The molecule has 0 unspecified atom stereocenters. The first kappa shape index (κ1) is 11.9. The van der Waals surface area contributed by atoms with Crippen LogP contribution in [0.2, 0.25) is 0 Å². The van der Waals surface area contributed by atoms with Crippen LogP contribution in [0.15, 0.2) is 18.2 Å². The number of nitrogens with zero attached hydrogens (tertiary/aromatic N) is 1. The summed E-state index contributed by atoms with van der Waals surface area (Å²) in [4.78, 5) is 14.0. The molecule has 0 spiro atoms. The van der Waals surface area contributed by atoms with Crippen molar-refractivity contribution in [2.24, 2.45) is 5.73 Å². The summed E-state index contributed by atoms with van der Waals surface area (Å²) in [6.45, 7) is 2.89. The molecule has 0 bridgehead atoms. The minimum absolute atomic E-state index is 0.0534. The van der Waals surface area contributed by atoms with Gasteiger partial charge in [-0.3, -0.25) is 4.79 Å². The summed E-state index contributed by atoms with van der Waals surface area (Å²) in [7, 11) is 0. The monoisotopic (exact) mass is 234 g/mol. The van der Waals surface area contributed by atoms with Gasteiger partial charge in [0.15, 0.2) is 0 Å². The molecule has 0 aromatic heterocycles. The number of aryl methyl sites for hydroxylation is 1. The van der Waals surface area contributed by atoms with E-state index in [1.54, 1.807) is 17.0 Å². The van der Waals surface area contributed by atoms with Gasteiger partial charge in [-0.05, 0) is 37.5 Å². The van der Waals surface area contributed by atoms with Crippen LogP contribution >= 0.6 is 0 Å². The lowest BCUT2D eigenvalue weighted by Crippen LogP contribution is -2.37. The molecular formula is C13H18N2O2. The van der Waals surface area contributed by atoms with Crippen molar-refractivity contribution in [3.63, 3.8) is 0 Å². The average Bonchev–Trinajstić information content (AvgIpc) is 3.09. The number of rotatable bonds is 4. The first-order valence-corrected chi connectivity index (χ1v) is 5.94. The second-order valence-electron chi connectivity index (χ2n) is 4.54. The molecule has 0 radical (unpaired) electrons. The van der Waals surface area contributed by atoms with Gasteiger partial charge in [-0.2, -0.15) is 0 Å². The highest BCUT2D eigenvalue weighted by Crippen LogP contribution is 2.29. The molecule has 17 heavy (non-hydrogen) atoms. The largest absolute Gasteiger partial charge is 0.507 e. The Morgan fingerprint density at radius 2 is 2.24 bits per heavy atom. The molecule has 4 nitrogen and oxygen atoms in total. The maximum atomic E-state index is 12.3. The molecule has 1 aliphatic carbocycles. The fraction of sp³-hybridized carbons (Fsp3) is 0.462. The van der Waals surface area contributed by atoms with Crippen molar-refractivity contribution in [1.29, 1.82) is 0 Å². The lowest BCUT2D eigenvalue weighted by atomic mass is 10.1. The molecule has 92 valence electrons. The van der Waals surface area contributed by atoms with Crippen LogP contribution in [0, 0.1) is 6.92 Å². The molecule has 0 heterocycles. The molecule has 2 rings (SSSR count). The van der Waals surface area contributed by atoms with Gasteiger partial charge in [0.05, 0.1) is 5.56 Å². The Balaban J connectivity index is 2.22. The summed E-state index contributed by atoms with van der Waals surface area (Å²) < 4.78 is 0. The van der Waals surface area contributed by atoms with Crippen molar-refractivity contribution in [2.45, 2.75) is 25.8 Å². The number of hydrogen-bond donors (Lipinski definition) is 2. The van der Waals surface area contributed by atoms with Crippen LogP contribution in [0.5, 0.6) is 5.75 Å². The number of amides is 1. The maximum absolute atomic E-state index is 12.3. The van der Waals surface area contributed by atoms with Crippen LogP contribution < -0.4 is 5.73 Å². The van der Waals surface area contributed by atoms with E-state index < -0.39 is 0 Å². The summed E-state index contributed by atoms with van der Waals surface area (Å²) >= 11 is 0. The Bertz CT molecular complexity index is 427. The van der Waals surface area contributed by atoms with E-state index in [1.807, 2.05) is 13.0 Å². The van der Waals surface area contributed by atoms with Gasteiger partial charge in [0.1, 0.15) is 5.75 Å². The summed E-state index contributed by atoms with van der Waals surface area (Å²) in [5.41, 5.74) is 6.83. The maximum Gasteiger partial charge on any atom is 0.257 e. The number of hydrogen-bond acceptors (Lipinski definition) is 3. The fourth-order valence-electron chi connectivity index (χ4n) is 1.95. The summed E-state index contributed by atoms with van der Waals surface area (Å²) in [6, 6.07) is 5.44. The third-order valence-corrected chi connectivity index (χ3v) is 3.00. The standard InChI is InChI=1S/C13H18N2O2/c1-9-2-5-11(12(16)8-9)13(17)15(7-6-14)10-3-4-10/h2,5,8,10,16H,3-4,6-7,14H2,1H3. The quantitative estimate of drug-likeness (QED) is 0.824. The first-order chi connectivity index (χ1) is 8.13. The van der Waals surface area contributed by atoms with Crippen LogP contribution in [-0.4, -0.2) is 35.0 Å². The number of benzene rings is 1. The zero-order chi connectivity index (χ0) is 12.4. The smallest absolute Gasteiger partial charge is 0.257 e. The number of phenols is 1. The van der Waals surface area contributed by atoms with Gasteiger partial charge in [0, 0.05) is 19.1 Å². The highest BCUT2D eigenvalue weighted by molar-refractivity contribution is 5.97. The number of phenolic OH excluding ortho intramolecular Hbond substituents is 1. The molecule has 3 N–H and O–H groups in total. The van der Waals surface area contributed by atoms with Gasteiger partial charge in [-0.1, -0.05) is 6.07 Å². The molecule has 4 heteroatoms. The molecule has 1 fully saturated rings. The van der Waals surface area contributed by atoms with Crippen LogP contribution in [-0.2, 0) is 0 Å². The average molecular weight is 234 g/mol. The topological polar surface area (TPSA) is 66.6 Å². The van der Waals surface area contributed by atoms with Gasteiger partial charge in [0.25, 0.3) is 5.91 Å². The van der Waals surface area contributed by atoms with E-state index in [-0.39, 0.29) is 11.7 Å². The molecule has 1 saturated carbocycles. The second kappa shape index (κ2) is 4.75. The van der Waals surface area contributed by atoms with E-state index in [2.05, 4.69) is 0 Å². The summed E-state index contributed by atoms with van der Waals surface area (Å²) in [6.07, 6.45) is 2.08. The van der Waals surface area contributed by atoms with Crippen LogP contribution in [0.4, 0.5) is 0 Å². The number of nitrogens with two attached hydrogens (primary N) is 1. The summed E-state index contributed by atoms with van der Waals surface area (Å²) in [5, 5.41) is 9.80. The van der Waals surface area contributed by atoms with E-state index in [1.165, 1.54) is 0 Å². The van der Waals surface area contributed by atoms with Gasteiger partial charge in [0.2, 0.25) is 0 Å². The Morgan fingerprint density at radius 3 is 2.76 bits per heavy atom.